The van der Waals surface area contributed by atoms with Gasteiger partial charge < -0.3 is 10.2 Å². The van der Waals surface area contributed by atoms with Crippen LogP contribution in [0.4, 0.5) is 9.52 Å². The SMILES string of the molecule is Cc1nc(C(=O)N2CC3(CC3)C/C2=C\Nc2nc3ccc(F)cc3s2)c(-c2ccccc2)s1. The van der Waals surface area contributed by atoms with Gasteiger partial charge in [-0.05, 0) is 55.4 Å². The number of aryl methyl sites for hydroxylation is 1. The Kier molecular flexibility index (Phi) is 4.81. The molecule has 1 amide bonds. The molecule has 0 radical (unpaired) electrons. The number of allylic oxidation sites excluding steroid dienone is 1. The van der Waals surface area contributed by atoms with Crippen molar-refractivity contribution in [2.75, 3.05) is 11.9 Å². The molecule has 4 aromatic rings. The van der Waals surface area contributed by atoms with E-state index in [1.165, 1.54) is 23.5 Å². The van der Waals surface area contributed by atoms with Crippen LogP contribution in [-0.4, -0.2) is 27.3 Å². The van der Waals surface area contributed by atoms with Crippen molar-refractivity contribution in [1.82, 2.24) is 14.9 Å². The normalized spacial score (nSPS) is 17.9. The first-order valence-corrected chi connectivity index (χ1v) is 12.5. The molecule has 0 atom stereocenters. The summed E-state index contributed by atoms with van der Waals surface area (Å²) >= 11 is 2.95. The highest BCUT2D eigenvalue weighted by Gasteiger charge is 2.51. The van der Waals surface area contributed by atoms with E-state index >= 15 is 0 Å². The van der Waals surface area contributed by atoms with Crippen LogP contribution >= 0.6 is 22.7 Å². The van der Waals surface area contributed by atoms with Gasteiger partial charge >= 0.3 is 0 Å². The topological polar surface area (TPSA) is 58.1 Å². The van der Waals surface area contributed by atoms with Gasteiger partial charge in [0.15, 0.2) is 5.13 Å². The lowest BCUT2D eigenvalue weighted by atomic mass is 10.1. The number of nitrogens with zero attached hydrogens (tertiary/aromatic N) is 3. The Morgan fingerprint density at radius 3 is 2.76 bits per heavy atom. The number of fused-ring (bicyclic) bond motifs is 1. The maximum atomic E-state index is 13.7. The van der Waals surface area contributed by atoms with Crippen LogP contribution in [0.3, 0.4) is 0 Å². The zero-order valence-corrected chi connectivity index (χ0v) is 19.6. The lowest BCUT2D eigenvalue weighted by molar-refractivity contribution is 0.0812. The highest BCUT2D eigenvalue weighted by atomic mass is 32.1. The molecule has 2 fully saturated rings. The number of anilines is 1. The quantitative estimate of drug-likeness (QED) is 0.368. The Morgan fingerprint density at radius 2 is 1.97 bits per heavy atom. The monoisotopic (exact) mass is 476 g/mol. The van der Waals surface area contributed by atoms with E-state index in [0.29, 0.717) is 10.8 Å². The minimum atomic E-state index is -0.271. The highest BCUT2D eigenvalue weighted by Crippen LogP contribution is 2.56. The molecular weight excluding hydrogens is 455 g/mol. The number of hydrogen-bond donors (Lipinski definition) is 1. The fraction of sp³-hybridized carbons (Fsp3) is 0.240. The van der Waals surface area contributed by atoms with Gasteiger partial charge in [-0.15, -0.1) is 11.3 Å². The molecule has 6 rings (SSSR count). The zero-order valence-electron chi connectivity index (χ0n) is 18.0. The fourth-order valence-electron chi connectivity index (χ4n) is 4.41. The number of rotatable bonds is 4. The third-order valence-corrected chi connectivity index (χ3v) is 8.25. The number of nitrogens with one attached hydrogen (secondary N) is 1. The second-order valence-corrected chi connectivity index (χ2v) is 11.0. The molecule has 2 aromatic carbocycles. The van der Waals surface area contributed by atoms with E-state index in [-0.39, 0.29) is 17.1 Å². The molecule has 1 saturated carbocycles. The first-order valence-electron chi connectivity index (χ1n) is 10.9. The van der Waals surface area contributed by atoms with Crippen molar-refractivity contribution in [3.63, 3.8) is 0 Å². The molecule has 33 heavy (non-hydrogen) atoms. The Morgan fingerprint density at radius 1 is 1.15 bits per heavy atom. The molecule has 1 N–H and O–H groups in total. The second kappa shape index (κ2) is 7.74. The molecule has 0 bridgehead atoms. The van der Waals surface area contributed by atoms with Crippen molar-refractivity contribution in [2.24, 2.45) is 5.41 Å². The molecule has 0 unspecified atom stereocenters. The van der Waals surface area contributed by atoms with Crippen LogP contribution in [0.1, 0.15) is 34.8 Å². The van der Waals surface area contributed by atoms with Crippen molar-refractivity contribution < 1.29 is 9.18 Å². The summed E-state index contributed by atoms with van der Waals surface area (Å²) in [5, 5.41) is 4.82. The number of benzene rings is 2. The van der Waals surface area contributed by atoms with Gasteiger partial charge in [0, 0.05) is 18.4 Å². The van der Waals surface area contributed by atoms with Gasteiger partial charge in [0.2, 0.25) is 0 Å². The van der Waals surface area contributed by atoms with Crippen LogP contribution in [0.2, 0.25) is 0 Å². The van der Waals surface area contributed by atoms with Crippen molar-refractivity contribution >= 4 is 43.9 Å². The summed E-state index contributed by atoms with van der Waals surface area (Å²) in [5.74, 6) is -0.325. The van der Waals surface area contributed by atoms with Gasteiger partial charge in [-0.2, -0.15) is 0 Å². The van der Waals surface area contributed by atoms with Crippen LogP contribution < -0.4 is 5.32 Å². The predicted molar refractivity (Wildman–Crippen MR) is 131 cm³/mol. The number of thiazole rings is 2. The minimum absolute atomic E-state index is 0.0543. The van der Waals surface area contributed by atoms with Crippen molar-refractivity contribution in [3.8, 4) is 10.4 Å². The summed E-state index contributed by atoms with van der Waals surface area (Å²) in [4.78, 5) is 25.7. The number of likely N-dealkylation sites (tertiary alicyclic amines) is 1. The average Bonchev–Trinajstić information content (AvgIpc) is 3.12. The van der Waals surface area contributed by atoms with Crippen LogP contribution in [0.25, 0.3) is 20.7 Å². The molecule has 2 aliphatic rings. The molecule has 8 heteroatoms. The summed E-state index contributed by atoms with van der Waals surface area (Å²) in [6.07, 6.45) is 5.02. The zero-order chi connectivity index (χ0) is 22.6. The Hall–Kier alpha value is -3.10. The summed E-state index contributed by atoms with van der Waals surface area (Å²) in [6, 6.07) is 14.6. The summed E-state index contributed by atoms with van der Waals surface area (Å²) in [5.41, 5.74) is 3.43. The number of halogens is 1. The summed E-state index contributed by atoms with van der Waals surface area (Å²) < 4.78 is 14.3. The number of hydrogen-bond acceptors (Lipinski definition) is 6. The molecule has 5 nitrogen and oxygen atoms in total. The minimum Gasteiger partial charge on any atom is -0.336 e. The van der Waals surface area contributed by atoms with Gasteiger partial charge in [-0.3, -0.25) is 4.79 Å². The van der Waals surface area contributed by atoms with E-state index in [1.54, 1.807) is 17.4 Å². The molecule has 1 saturated heterocycles. The number of amides is 1. The van der Waals surface area contributed by atoms with E-state index in [1.807, 2.05) is 48.4 Å². The standard InChI is InChI=1S/C25H21FN4OS2/c1-15-28-21(22(32-15)16-5-3-2-4-6-16)23(31)30-14-25(9-10-25)12-18(30)13-27-24-29-19-8-7-17(26)11-20(19)33-24/h2-8,11,13H,9-10,12,14H2,1H3,(H,27,29)/b18-13+. The van der Waals surface area contributed by atoms with Crippen LogP contribution in [0, 0.1) is 18.2 Å². The Bertz CT molecular complexity index is 1400. The van der Waals surface area contributed by atoms with Gasteiger partial charge in [0.05, 0.1) is 20.1 Å². The third kappa shape index (κ3) is 3.83. The Balaban J connectivity index is 1.31. The van der Waals surface area contributed by atoms with Gasteiger partial charge in [0.25, 0.3) is 5.91 Å². The molecule has 2 aromatic heterocycles. The molecular formula is C25H21FN4OS2. The van der Waals surface area contributed by atoms with Crippen LogP contribution in [0.5, 0.6) is 0 Å². The van der Waals surface area contributed by atoms with Crippen LogP contribution in [0.15, 0.2) is 60.4 Å². The van der Waals surface area contributed by atoms with Crippen LogP contribution in [-0.2, 0) is 0 Å². The van der Waals surface area contributed by atoms with Crippen molar-refractivity contribution in [2.45, 2.75) is 26.2 Å². The largest absolute Gasteiger partial charge is 0.336 e. The van der Waals surface area contributed by atoms with Crippen molar-refractivity contribution in [3.05, 3.63) is 76.9 Å². The fourth-order valence-corrected chi connectivity index (χ4v) is 6.18. The summed E-state index contributed by atoms with van der Waals surface area (Å²) in [7, 11) is 0. The molecule has 166 valence electrons. The van der Waals surface area contributed by atoms with E-state index in [9.17, 15) is 9.18 Å². The smallest absolute Gasteiger partial charge is 0.278 e. The molecule has 1 aliphatic heterocycles. The number of aromatic nitrogens is 2. The average molecular weight is 477 g/mol. The lowest BCUT2D eigenvalue weighted by Crippen LogP contribution is -2.29. The lowest BCUT2D eigenvalue weighted by Gasteiger charge is -2.18. The highest BCUT2D eigenvalue weighted by molar-refractivity contribution is 7.22. The molecule has 1 aliphatic carbocycles. The predicted octanol–water partition coefficient (Wildman–Crippen LogP) is 6.45. The van der Waals surface area contributed by atoms with E-state index in [2.05, 4.69) is 15.3 Å². The number of carbonyl (C=O) groups excluding carboxylic acids is 1. The molecule has 1 spiro atoms. The van der Waals surface area contributed by atoms with E-state index in [0.717, 1.165) is 57.2 Å². The van der Waals surface area contributed by atoms with Gasteiger partial charge in [-0.1, -0.05) is 41.7 Å². The maximum Gasteiger partial charge on any atom is 0.278 e. The van der Waals surface area contributed by atoms with Crippen molar-refractivity contribution in [1.29, 1.82) is 0 Å². The third-order valence-electron chi connectivity index (χ3n) is 6.28. The van der Waals surface area contributed by atoms with Gasteiger partial charge in [-0.25, -0.2) is 14.4 Å². The first kappa shape index (κ1) is 20.5. The molecule has 3 heterocycles. The van der Waals surface area contributed by atoms with Gasteiger partial charge in [0.1, 0.15) is 11.5 Å². The summed E-state index contributed by atoms with van der Waals surface area (Å²) in [6.45, 7) is 2.66. The second-order valence-electron chi connectivity index (χ2n) is 8.76. The maximum absolute atomic E-state index is 13.7. The number of carbonyl (C=O) groups is 1. The van der Waals surface area contributed by atoms with E-state index < -0.39 is 0 Å². The van der Waals surface area contributed by atoms with E-state index in [4.69, 9.17) is 0 Å². The Labute approximate surface area is 198 Å². The first-order chi connectivity index (χ1) is 16.0.